The first-order chi connectivity index (χ1) is 15.9. The fraction of sp³-hybridized carbons (Fsp3) is 0.250. The second-order valence-corrected chi connectivity index (χ2v) is 7.80. The van der Waals surface area contributed by atoms with Gasteiger partial charge in [0, 0.05) is 48.8 Å². The standard InChI is InChI=1S/C20H19N9O4/c1-10-13-4-11(6-22-17(13)27-26-10)18(31)23-12-7-28-3-2-21-15(28)9-29(8-12)19(32)14-5-16(30)25-20(33)24-14/h2-6,12H,7-9H2,1H3,(H,23,31)(H,22,26,27)(H2,24,25,30,33). The highest BCUT2D eigenvalue weighted by molar-refractivity contribution is 5.97. The van der Waals surface area contributed by atoms with Crippen molar-refractivity contribution in [3.8, 4) is 0 Å². The van der Waals surface area contributed by atoms with Gasteiger partial charge in [0.25, 0.3) is 17.4 Å². The summed E-state index contributed by atoms with van der Waals surface area (Å²) in [4.78, 5) is 63.7. The van der Waals surface area contributed by atoms with E-state index < -0.39 is 23.2 Å². The predicted molar refractivity (Wildman–Crippen MR) is 115 cm³/mol. The van der Waals surface area contributed by atoms with E-state index in [0.29, 0.717) is 23.6 Å². The van der Waals surface area contributed by atoms with E-state index in [1.54, 1.807) is 18.5 Å². The van der Waals surface area contributed by atoms with Gasteiger partial charge in [-0.05, 0) is 13.0 Å². The van der Waals surface area contributed by atoms with Crippen molar-refractivity contribution in [2.75, 3.05) is 6.54 Å². The molecule has 13 nitrogen and oxygen atoms in total. The number of nitrogens with one attached hydrogen (secondary N) is 4. The molecule has 33 heavy (non-hydrogen) atoms. The van der Waals surface area contributed by atoms with Gasteiger partial charge in [-0.15, -0.1) is 0 Å². The highest BCUT2D eigenvalue weighted by Crippen LogP contribution is 2.16. The van der Waals surface area contributed by atoms with E-state index in [1.807, 2.05) is 16.5 Å². The molecule has 0 fully saturated rings. The quantitative estimate of drug-likeness (QED) is 0.320. The summed E-state index contributed by atoms with van der Waals surface area (Å²) >= 11 is 0. The van der Waals surface area contributed by atoms with E-state index in [1.165, 1.54) is 11.1 Å². The Labute approximate surface area is 184 Å². The second-order valence-electron chi connectivity index (χ2n) is 7.80. The smallest absolute Gasteiger partial charge is 0.326 e. The van der Waals surface area contributed by atoms with Crippen LogP contribution >= 0.6 is 0 Å². The highest BCUT2D eigenvalue weighted by Gasteiger charge is 2.28. The van der Waals surface area contributed by atoms with Crippen LogP contribution in [0.3, 0.4) is 0 Å². The van der Waals surface area contributed by atoms with Crippen LogP contribution in [-0.2, 0) is 13.1 Å². The normalized spacial score (nSPS) is 15.8. The van der Waals surface area contributed by atoms with Crippen LogP contribution in [0.1, 0.15) is 32.4 Å². The largest absolute Gasteiger partial charge is 0.346 e. The van der Waals surface area contributed by atoms with Crippen LogP contribution in [-0.4, -0.2) is 64.0 Å². The van der Waals surface area contributed by atoms with Gasteiger partial charge in [0.1, 0.15) is 11.5 Å². The first kappa shape index (κ1) is 20.4. The average Bonchev–Trinajstić information content (AvgIpc) is 3.33. The molecule has 0 spiro atoms. The van der Waals surface area contributed by atoms with E-state index in [-0.39, 0.29) is 24.7 Å². The lowest BCUT2D eigenvalue weighted by Gasteiger charge is -2.24. The van der Waals surface area contributed by atoms with Crippen molar-refractivity contribution >= 4 is 22.8 Å². The Balaban J connectivity index is 1.42. The number of amides is 2. The Morgan fingerprint density at radius 3 is 2.82 bits per heavy atom. The van der Waals surface area contributed by atoms with Crippen molar-refractivity contribution in [1.82, 2.24) is 44.9 Å². The predicted octanol–water partition coefficient (Wildman–Crippen LogP) is -0.706. The Morgan fingerprint density at radius 1 is 1.15 bits per heavy atom. The van der Waals surface area contributed by atoms with Crippen LogP contribution in [0.4, 0.5) is 0 Å². The molecule has 0 aromatic carbocycles. The lowest BCUT2D eigenvalue weighted by molar-refractivity contribution is 0.0710. The zero-order chi connectivity index (χ0) is 23.1. The maximum absolute atomic E-state index is 13.1. The Morgan fingerprint density at radius 2 is 2.00 bits per heavy atom. The number of aromatic nitrogens is 7. The Hall–Kier alpha value is -4.55. The third kappa shape index (κ3) is 3.91. The molecule has 0 radical (unpaired) electrons. The molecule has 13 heteroatoms. The number of fused-ring (bicyclic) bond motifs is 2. The molecule has 0 aliphatic carbocycles. The lowest BCUT2D eigenvalue weighted by atomic mass is 10.1. The van der Waals surface area contributed by atoms with Crippen molar-refractivity contribution in [2.45, 2.75) is 26.1 Å². The van der Waals surface area contributed by atoms with Gasteiger partial charge in [-0.2, -0.15) is 5.10 Å². The number of nitrogens with zero attached hydrogens (tertiary/aromatic N) is 5. The molecule has 4 aromatic heterocycles. The van der Waals surface area contributed by atoms with Crippen LogP contribution in [0.15, 0.2) is 40.3 Å². The van der Waals surface area contributed by atoms with Gasteiger partial charge < -0.3 is 19.8 Å². The van der Waals surface area contributed by atoms with Gasteiger partial charge in [-0.25, -0.2) is 14.8 Å². The van der Waals surface area contributed by atoms with E-state index in [2.05, 4.69) is 30.5 Å². The molecule has 1 unspecified atom stereocenters. The van der Waals surface area contributed by atoms with E-state index >= 15 is 0 Å². The average molecular weight is 449 g/mol. The number of rotatable bonds is 3. The number of pyridine rings is 1. The first-order valence-electron chi connectivity index (χ1n) is 10.1. The van der Waals surface area contributed by atoms with Gasteiger partial charge in [0.05, 0.1) is 18.2 Å². The number of imidazole rings is 1. The maximum atomic E-state index is 13.1. The molecule has 4 N–H and O–H groups in total. The van der Waals surface area contributed by atoms with Gasteiger partial charge >= 0.3 is 5.69 Å². The van der Waals surface area contributed by atoms with Crippen molar-refractivity contribution in [3.05, 3.63) is 74.3 Å². The molecule has 5 heterocycles. The van der Waals surface area contributed by atoms with Crippen LogP contribution in [0.25, 0.3) is 11.0 Å². The van der Waals surface area contributed by atoms with Crippen molar-refractivity contribution < 1.29 is 9.59 Å². The first-order valence-corrected chi connectivity index (χ1v) is 10.1. The summed E-state index contributed by atoms with van der Waals surface area (Å²) in [6, 6.07) is 2.27. The molecule has 0 saturated carbocycles. The fourth-order valence-corrected chi connectivity index (χ4v) is 3.87. The Bertz CT molecular complexity index is 1470. The summed E-state index contributed by atoms with van der Waals surface area (Å²) < 4.78 is 1.85. The monoisotopic (exact) mass is 449 g/mol. The van der Waals surface area contributed by atoms with Crippen LogP contribution in [0.5, 0.6) is 0 Å². The number of aryl methyl sites for hydroxylation is 1. The third-order valence-corrected chi connectivity index (χ3v) is 5.47. The van der Waals surface area contributed by atoms with Crippen LogP contribution in [0, 0.1) is 6.92 Å². The highest BCUT2D eigenvalue weighted by atomic mass is 16.2. The number of aromatic amines is 3. The van der Waals surface area contributed by atoms with E-state index in [4.69, 9.17) is 0 Å². The van der Waals surface area contributed by atoms with Crippen molar-refractivity contribution in [1.29, 1.82) is 0 Å². The number of H-pyrrole nitrogens is 3. The van der Waals surface area contributed by atoms with Crippen molar-refractivity contribution in [2.24, 2.45) is 0 Å². The zero-order valence-electron chi connectivity index (χ0n) is 17.5. The Kier molecular flexibility index (Phi) is 4.84. The van der Waals surface area contributed by atoms with Gasteiger partial charge in [-0.3, -0.25) is 24.5 Å². The lowest BCUT2D eigenvalue weighted by Crippen LogP contribution is -2.46. The fourth-order valence-electron chi connectivity index (χ4n) is 3.87. The molecular weight excluding hydrogens is 430 g/mol. The molecule has 168 valence electrons. The molecule has 0 bridgehead atoms. The topological polar surface area (TPSA) is 175 Å². The number of hydrogen-bond acceptors (Lipinski definition) is 7. The molecule has 0 saturated heterocycles. The summed E-state index contributed by atoms with van der Waals surface area (Å²) in [6.45, 7) is 2.52. The third-order valence-electron chi connectivity index (χ3n) is 5.47. The minimum Gasteiger partial charge on any atom is -0.346 e. The summed E-state index contributed by atoms with van der Waals surface area (Å²) in [5.74, 6) is -0.286. The molecule has 5 rings (SSSR count). The van der Waals surface area contributed by atoms with Gasteiger partial charge in [0.15, 0.2) is 5.65 Å². The molecule has 1 aliphatic rings. The maximum Gasteiger partial charge on any atom is 0.326 e. The molecule has 4 aromatic rings. The van der Waals surface area contributed by atoms with Gasteiger partial charge in [0.2, 0.25) is 0 Å². The van der Waals surface area contributed by atoms with E-state index in [9.17, 15) is 19.2 Å². The number of hydrogen-bond donors (Lipinski definition) is 4. The molecule has 2 amide bonds. The summed E-state index contributed by atoms with van der Waals surface area (Å²) in [5.41, 5.74) is 0.0847. The van der Waals surface area contributed by atoms with Crippen molar-refractivity contribution in [3.63, 3.8) is 0 Å². The molecule has 1 aliphatic heterocycles. The molecule has 1 atom stereocenters. The van der Waals surface area contributed by atoms with Gasteiger partial charge in [-0.1, -0.05) is 0 Å². The minimum atomic E-state index is -0.774. The zero-order valence-corrected chi connectivity index (χ0v) is 17.5. The summed E-state index contributed by atoms with van der Waals surface area (Å²) in [7, 11) is 0. The van der Waals surface area contributed by atoms with E-state index in [0.717, 1.165) is 17.1 Å². The number of carbonyl (C=O) groups excluding carboxylic acids is 2. The number of carbonyl (C=O) groups is 2. The summed E-state index contributed by atoms with van der Waals surface area (Å²) in [6.07, 6.45) is 4.82. The summed E-state index contributed by atoms with van der Waals surface area (Å²) in [5, 5.41) is 10.6. The minimum absolute atomic E-state index is 0.140. The van der Waals surface area contributed by atoms with Crippen LogP contribution in [0.2, 0.25) is 0 Å². The van der Waals surface area contributed by atoms with Crippen LogP contribution < -0.4 is 16.6 Å². The second kappa shape index (κ2) is 7.85. The molecular formula is C20H19N9O4. The SMILES string of the molecule is Cc1[nH]nc2ncc(C(=O)NC3CN(C(=O)c4cc(=O)[nH]c(=O)[nH]4)Cc4nccn4C3)cc12.